The number of aryl methyl sites for hydroxylation is 1. The summed E-state index contributed by atoms with van der Waals surface area (Å²) in [7, 11) is 3.73. The summed E-state index contributed by atoms with van der Waals surface area (Å²) >= 11 is 0. The Balaban J connectivity index is 1.46. The molecule has 0 radical (unpaired) electrons. The van der Waals surface area contributed by atoms with Crippen molar-refractivity contribution in [3.05, 3.63) is 60.3 Å². The highest BCUT2D eigenvalue weighted by atomic mass is 16.5. The van der Waals surface area contributed by atoms with E-state index in [4.69, 9.17) is 9.72 Å². The van der Waals surface area contributed by atoms with E-state index in [1.54, 1.807) is 6.20 Å². The van der Waals surface area contributed by atoms with E-state index in [1.807, 2.05) is 49.3 Å². The number of amides is 1. The van der Waals surface area contributed by atoms with Crippen molar-refractivity contribution in [2.24, 2.45) is 0 Å². The zero-order chi connectivity index (χ0) is 23.9. The molecule has 1 aromatic heterocycles. The number of nitrogens with one attached hydrogen (secondary N) is 2. The van der Waals surface area contributed by atoms with Gasteiger partial charge in [0.2, 0.25) is 11.9 Å². The lowest BCUT2D eigenvalue weighted by Crippen LogP contribution is -2.36. The van der Waals surface area contributed by atoms with E-state index in [9.17, 15) is 4.79 Å². The van der Waals surface area contributed by atoms with Crippen molar-refractivity contribution >= 4 is 28.9 Å². The number of hydrogen-bond acceptors (Lipinski definition) is 7. The van der Waals surface area contributed by atoms with Crippen LogP contribution in [-0.4, -0.2) is 67.7 Å². The fraction of sp³-hybridized carbons (Fsp3) is 0.346. The van der Waals surface area contributed by atoms with Crippen LogP contribution in [0, 0.1) is 0 Å². The van der Waals surface area contributed by atoms with Crippen LogP contribution in [0.5, 0.6) is 0 Å². The van der Waals surface area contributed by atoms with E-state index in [0.29, 0.717) is 12.5 Å². The summed E-state index contributed by atoms with van der Waals surface area (Å²) in [5.74, 6) is 0.499. The Bertz CT molecular complexity index is 1110. The smallest absolute Gasteiger partial charge is 0.238 e. The molecule has 8 nitrogen and oxygen atoms in total. The van der Waals surface area contributed by atoms with Gasteiger partial charge in [-0.2, -0.15) is 0 Å². The average molecular weight is 461 g/mol. The van der Waals surface area contributed by atoms with Gasteiger partial charge >= 0.3 is 0 Å². The summed E-state index contributed by atoms with van der Waals surface area (Å²) in [5, 5.41) is 6.25. The van der Waals surface area contributed by atoms with Crippen molar-refractivity contribution in [3.8, 4) is 11.3 Å². The van der Waals surface area contributed by atoms with E-state index in [-0.39, 0.29) is 5.91 Å². The van der Waals surface area contributed by atoms with E-state index in [2.05, 4.69) is 45.6 Å². The van der Waals surface area contributed by atoms with Crippen molar-refractivity contribution in [1.82, 2.24) is 14.9 Å². The van der Waals surface area contributed by atoms with Gasteiger partial charge in [-0.1, -0.05) is 19.1 Å². The van der Waals surface area contributed by atoms with Crippen LogP contribution in [0.15, 0.2) is 54.7 Å². The van der Waals surface area contributed by atoms with Crippen LogP contribution in [0.1, 0.15) is 12.5 Å². The molecule has 34 heavy (non-hydrogen) atoms. The monoisotopic (exact) mass is 460 g/mol. The molecule has 4 rings (SSSR count). The minimum Gasteiger partial charge on any atom is -0.378 e. The molecule has 2 N–H and O–H groups in total. The fourth-order valence-electron chi connectivity index (χ4n) is 3.98. The quantitative estimate of drug-likeness (QED) is 0.529. The molecular formula is C26H32N6O2. The summed E-state index contributed by atoms with van der Waals surface area (Å²) in [6.07, 6.45) is 2.70. The number of anilines is 4. The minimum absolute atomic E-state index is 0.0441. The Morgan fingerprint density at radius 1 is 1.06 bits per heavy atom. The molecule has 3 aromatic rings. The van der Waals surface area contributed by atoms with Gasteiger partial charge in [0.15, 0.2) is 0 Å². The van der Waals surface area contributed by atoms with Gasteiger partial charge in [-0.05, 0) is 62.5 Å². The summed E-state index contributed by atoms with van der Waals surface area (Å²) in [4.78, 5) is 25.3. The Labute approximate surface area is 201 Å². The Morgan fingerprint density at radius 2 is 1.79 bits per heavy atom. The molecular weight excluding hydrogens is 428 g/mol. The molecule has 0 aliphatic carbocycles. The van der Waals surface area contributed by atoms with Gasteiger partial charge in [-0.15, -0.1) is 0 Å². The number of hydrogen-bond donors (Lipinski definition) is 2. The first-order chi connectivity index (χ1) is 16.5. The van der Waals surface area contributed by atoms with E-state index in [1.165, 1.54) is 11.3 Å². The van der Waals surface area contributed by atoms with Gasteiger partial charge < -0.3 is 25.2 Å². The predicted molar refractivity (Wildman–Crippen MR) is 137 cm³/mol. The van der Waals surface area contributed by atoms with Crippen molar-refractivity contribution in [3.63, 3.8) is 0 Å². The molecule has 1 amide bonds. The third-order valence-electron chi connectivity index (χ3n) is 5.65. The maximum Gasteiger partial charge on any atom is 0.238 e. The van der Waals surface area contributed by atoms with Crippen molar-refractivity contribution in [2.75, 3.05) is 62.5 Å². The second kappa shape index (κ2) is 11.1. The van der Waals surface area contributed by atoms with E-state index < -0.39 is 0 Å². The SMILES string of the molecule is CCc1cc(Nc2nccc(-c3ccc(NC(=O)CN(C)C)cc3)n2)ccc1N1CCOCC1. The summed E-state index contributed by atoms with van der Waals surface area (Å²) in [6.45, 7) is 5.90. The maximum absolute atomic E-state index is 12.0. The molecule has 0 bridgehead atoms. The zero-order valence-electron chi connectivity index (χ0n) is 20.0. The minimum atomic E-state index is -0.0441. The van der Waals surface area contributed by atoms with Gasteiger partial charge in [-0.3, -0.25) is 4.79 Å². The molecule has 8 heteroatoms. The lowest BCUT2D eigenvalue weighted by atomic mass is 10.1. The summed E-state index contributed by atoms with van der Waals surface area (Å²) < 4.78 is 5.49. The van der Waals surface area contributed by atoms with Crippen LogP contribution < -0.4 is 15.5 Å². The molecule has 0 atom stereocenters. The number of ether oxygens (including phenoxy) is 1. The van der Waals surface area contributed by atoms with Crippen LogP contribution >= 0.6 is 0 Å². The molecule has 178 valence electrons. The first kappa shape index (κ1) is 23.7. The lowest BCUT2D eigenvalue weighted by molar-refractivity contribution is -0.116. The number of nitrogens with zero attached hydrogens (tertiary/aromatic N) is 4. The Hall–Kier alpha value is -3.49. The highest BCUT2D eigenvalue weighted by Crippen LogP contribution is 2.27. The molecule has 2 aromatic carbocycles. The number of carbonyl (C=O) groups is 1. The van der Waals surface area contributed by atoms with E-state index >= 15 is 0 Å². The third-order valence-corrected chi connectivity index (χ3v) is 5.65. The molecule has 1 fully saturated rings. The molecule has 2 heterocycles. The Morgan fingerprint density at radius 3 is 2.50 bits per heavy atom. The summed E-state index contributed by atoms with van der Waals surface area (Å²) in [6, 6.07) is 16.0. The second-order valence-electron chi connectivity index (χ2n) is 8.55. The summed E-state index contributed by atoms with van der Waals surface area (Å²) in [5.41, 5.74) is 6.04. The van der Waals surface area contributed by atoms with Crippen molar-refractivity contribution < 1.29 is 9.53 Å². The third kappa shape index (κ3) is 6.09. The first-order valence-corrected chi connectivity index (χ1v) is 11.6. The maximum atomic E-state index is 12.0. The molecule has 0 saturated carbocycles. The number of morpholine rings is 1. The molecule has 0 spiro atoms. The van der Waals surface area contributed by atoms with Crippen LogP contribution in [-0.2, 0) is 16.0 Å². The van der Waals surface area contributed by atoms with Crippen molar-refractivity contribution in [1.29, 1.82) is 0 Å². The number of benzene rings is 2. The molecule has 1 aliphatic rings. The normalized spacial score (nSPS) is 13.7. The number of rotatable bonds is 8. The van der Waals surface area contributed by atoms with Crippen LogP contribution in [0.2, 0.25) is 0 Å². The number of aromatic nitrogens is 2. The first-order valence-electron chi connectivity index (χ1n) is 11.6. The average Bonchev–Trinajstić information content (AvgIpc) is 2.84. The lowest BCUT2D eigenvalue weighted by Gasteiger charge is -2.30. The van der Waals surface area contributed by atoms with Gasteiger partial charge in [0, 0.05) is 41.9 Å². The number of likely N-dealkylation sites (N-methyl/N-ethyl adjacent to an activating group) is 1. The van der Waals surface area contributed by atoms with Gasteiger partial charge in [0.05, 0.1) is 25.5 Å². The highest BCUT2D eigenvalue weighted by molar-refractivity contribution is 5.92. The van der Waals surface area contributed by atoms with E-state index in [0.717, 1.165) is 55.4 Å². The molecule has 1 aliphatic heterocycles. The highest BCUT2D eigenvalue weighted by Gasteiger charge is 2.15. The molecule has 1 saturated heterocycles. The van der Waals surface area contributed by atoms with Crippen LogP contribution in [0.25, 0.3) is 11.3 Å². The molecule has 0 unspecified atom stereocenters. The Kier molecular flexibility index (Phi) is 7.72. The zero-order valence-corrected chi connectivity index (χ0v) is 20.0. The second-order valence-corrected chi connectivity index (χ2v) is 8.55. The van der Waals surface area contributed by atoms with Gasteiger partial charge in [-0.25, -0.2) is 9.97 Å². The van der Waals surface area contributed by atoms with Crippen LogP contribution in [0.4, 0.5) is 23.0 Å². The number of carbonyl (C=O) groups excluding carboxylic acids is 1. The topological polar surface area (TPSA) is 82.6 Å². The fourth-order valence-corrected chi connectivity index (χ4v) is 3.98. The predicted octanol–water partition coefficient (Wildman–Crippen LogP) is 3.79. The van der Waals surface area contributed by atoms with Crippen molar-refractivity contribution in [2.45, 2.75) is 13.3 Å². The van der Waals surface area contributed by atoms with Gasteiger partial charge in [0.1, 0.15) is 0 Å². The standard InChI is InChI=1S/C26H32N6O2/c1-4-19-17-22(9-10-24(19)32-13-15-34-16-14-32)29-26-27-12-11-23(30-26)20-5-7-21(8-6-20)28-25(33)18-31(2)3/h5-12,17H,4,13-16,18H2,1-3H3,(H,28,33)(H,27,29,30). The van der Waals surface area contributed by atoms with Crippen LogP contribution in [0.3, 0.4) is 0 Å². The van der Waals surface area contributed by atoms with Gasteiger partial charge in [0.25, 0.3) is 0 Å². The largest absolute Gasteiger partial charge is 0.378 e.